The van der Waals surface area contributed by atoms with E-state index in [1.165, 1.54) is 5.56 Å². The molecule has 2 aromatic carbocycles. The van der Waals surface area contributed by atoms with Crippen molar-refractivity contribution in [3.8, 4) is 11.4 Å². The molecule has 2 N–H and O–H groups in total. The molecular weight excluding hydrogens is 584 g/mol. The van der Waals surface area contributed by atoms with Crippen molar-refractivity contribution in [3.05, 3.63) is 59.7 Å². The lowest BCUT2D eigenvalue weighted by Crippen LogP contribution is -2.44. The number of rotatable bonds is 6. The summed E-state index contributed by atoms with van der Waals surface area (Å²) in [5.41, 5.74) is 3.96. The number of anilines is 4. The highest BCUT2D eigenvalue weighted by atomic mass is 16.5. The topological polar surface area (TPSA) is 115 Å². The Hall–Kier alpha value is -4.26. The smallest absolute Gasteiger partial charge is 0.323 e. The molecule has 4 aliphatic heterocycles. The van der Waals surface area contributed by atoms with Crippen LogP contribution in [0.15, 0.2) is 48.5 Å². The Bertz CT molecular complexity index is 1550. The summed E-state index contributed by atoms with van der Waals surface area (Å²) in [7, 11) is 4.18. The molecule has 3 fully saturated rings. The lowest BCUT2D eigenvalue weighted by atomic mass is 10.0. The summed E-state index contributed by atoms with van der Waals surface area (Å²) in [5, 5.41) is 5.76. The molecule has 12 heteroatoms. The minimum absolute atomic E-state index is 0.0301. The summed E-state index contributed by atoms with van der Waals surface area (Å²) in [6, 6.07) is 15.1. The molecule has 0 spiro atoms. The number of fused-ring (bicyclic) bond motifs is 3. The SMILES string of the molecule is CN(C)C1CCN(C(=O)c2ccc(NC(=O)Nc3ccc(-c4nc(N5CCOCC5)c5c(n4)N4CCOC[C@H]4C5)cc3)cc2)CC1. The number of likely N-dealkylation sites (tertiary alicyclic amines) is 1. The number of aromatic nitrogens is 2. The fourth-order valence-corrected chi connectivity index (χ4v) is 6.85. The predicted octanol–water partition coefficient (Wildman–Crippen LogP) is 3.55. The minimum atomic E-state index is -0.362. The highest BCUT2D eigenvalue weighted by Gasteiger charge is 2.37. The zero-order valence-electron chi connectivity index (χ0n) is 26.6. The number of nitrogens with one attached hydrogen (secondary N) is 2. The molecule has 3 saturated heterocycles. The van der Waals surface area contributed by atoms with Crippen LogP contribution in [-0.2, 0) is 15.9 Å². The maximum absolute atomic E-state index is 13.0. The molecule has 0 saturated carbocycles. The summed E-state index contributed by atoms with van der Waals surface area (Å²) in [6.07, 6.45) is 2.84. The number of piperidine rings is 1. The zero-order chi connectivity index (χ0) is 31.6. The second-order valence-corrected chi connectivity index (χ2v) is 12.6. The minimum Gasteiger partial charge on any atom is -0.378 e. The van der Waals surface area contributed by atoms with Gasteiger partial charge < -0.3 is 39.7 Å². The van der Waals surface area contributed by atoms with E-state index < -0.39 is 0 Å². The van der Waals surface area contributed by atoms with E-state index in [1.807, 2.05) is 29.2 Å². The Morgan fingerprint density at radius 1 is 0.804 bits per heavy atom. The van der Waals surface area contributed by atoms with Gasteiger partial charge in [0.25, 0.3) is 5.91 Å². The van der Waals surface area contributed by atoms with Gasteiger partial charge >= 0.3 is 6.03 Å². The van der Waals surface area contributed by atoms with Crippen LogP contribution in [0, 0.1) is 0 Å². The lowest BCUT2D eigenvalue weighted by molar-refractivity contribution is 0.0663. The third kappa shape index (κ3) is 6.37. The van der Waals surface area contributed by atoms with Gasteiger partial charge in [-0.05, 0) is 75.5 Å². The Morgan fingerprint density at radius 2 is 1.43 bits per heavy atom. The van der Waals surface area contributed by atoms with Crippen molar-refractivity contribution in [1.29, 1.82) is 0 Å². The summed E-state index contributed by atoms with van der Waals surface area (Å²) < 4.78 is 11.4. The van der Waals surface area contributed by atoms with Gasteiger partial charge in [0.1, 0.15) is 11.6 Å². The van der Waals surface area contributed by atoms with Crippen LogP contribution in [0.3, 0.4) is 0 Å². The van der Waals surface area contributed by atoms with Gasteiger partial charge in [-0.1, -0.05) is 0 Å². The molecule has 12 nitrogen and oxygen atoms in total. The van der Waals surface area contributed by atoms with E-state index in [-0.39, 0.29) is 11.9 Å². The first-order valence-corrected chi connectivity index (χ1v) is 16.2. The molecule has 242 valence electrons. The molecule has 4 aliphatic rings. The number of amides is 3. The molecule has 7 rings (SSSR count). The van der Waals surface area contributed by atoms with Crippen LogP contribution in [-0.4, -0.2) is 117 Å². The molecule has 3 amide bonds. The number of morpholine rings is 2. The number of hydrogen-bond acceptors (Lipinski definition) is 9. The molecule has 1 atom stereocenters. The van der Waals surface area contributed by atoms with Crippen molar-refractivity contribution in [3.63, 3.8) is 0 Å². The third-order valence-electron chi connectivity index (χ3n) is 9.49. The Morgan fingerprint density at radius 3 is 2.11 bits per heavy atom. The largest absolute Gasteiger partial charge is 0.378 e. The molecule has 0 radical (unpaired) electrons. The van der Waals surface area contributed by atoms with Crippen molar-refractivity contribution >= 4 is 34.9 Å². The highest BCUT2D eigenvalue weighted by Crippen LogP contribution is 2.39. The van der Waals surface area contributed by atoms with E-state index >= 15 is 0 Å². The monoisotopic (exact) mass is 626 g/mol. The number of hydrogen-bond donors (Lipinski definition) is 2. The number of benzene rings is 2. The lowest BCUT2D eigenvalue weighted by Gasteiger charge is -2.35. The summed E-state index contributed by atoms with van der Waals surface area (Å²) in [6.45, 7) is 6.71. The maximum Gasteiger partial charge on any atom is 0.323 e. The number of nitrogens with zero attached hydrogens (tertiary/aromatic N) is 6. The average molecular weight is 627 g/mol. The molecule has 5 heterocycles. The predicted molar refractivity (Wildman–Crippen MR) is 178 cm³/mol. The Labute approximate surface area is 269 Å². The molecule has 0 unspecified atom stereocenters. The molecule has 46 heavy (non-hydrogen) atoms. The number of urea groups is 1. The highest BCUT2D eigenvalue weighted by molar-refractivity contribution is 6.00. The normalized spacial score (nSPS) is 20.0. The molecule has 0 bridgehead atoms. The van der Waals surface area contributed by atoms with Gasteiger partial charge in [-0.15, -0.1) is 0 Å². The van der Waals surface area contributed by atoms with Crippen LogP contribution in [0.25, 0.3) is 11.4 Å². The number of carbonyl (C=O) groups is 2. The van der Waals surface area contributed by atoms with Gasteiger partial charge in [-0.3, -0.25) is 4.79 Å². The van der Waals surface area contributed by atoms with Crippen LogP contribution in [0.2, 0.25) is 0 Å². The first-order chi connectivity index (χ1) is 22.4. The fraction of sp³-hybridized carbons (Fsp3) is 0.471. The number of ether oxygens (including phenoxy) is 2. The van der Waals surface area contributed by atoms with Crippen molar-refractivity contribution in [2.45, 2.75) is 31.3 Å². The maximum atomic E-state index is 13.0. The summed E-state index contributed by atoms with van der Waals surface area (Å²) in [5.74, 6) is 2.69. The molecule has 0 aliphatic carbocycles. The number of carbonyl (C=O) groups excluding carboxylic acids is 2. The second-order valence-electron chi connectivity index (χ2n) is 12.6. The first kappa shape index (κ1) is 30.4. The van der Waals surface area contributed by atoms with Crippen molar-refractivity contribution in [2.24, 2.45) is 0 Å². The van der Waals surface area contributed by atoms with E-state index in [0.717, 1.165) is 69.2 Å². The van der Waals surface area contributed by atoms with Crippen LogP contribution in [0.5, 0.6) is 0 Å². The molecule has 3 aromatic rings. The zero-order valence-corrected chi connectivity index (χ0v) is 26.6. The van der Waals surface area contributed by atoms with Crippen LogP contribution < -0.4 is 20.4 Å². The summed E-state index contributed by atoms with van der Waals surface area (Å²) in [4.78, 5) is 44.7. The van der Waals surface area contributed by atoms with E-state index in [1.54, 1.807) is 24.3 Å². The van der Waals surface area contributed by atoms with Crippen LogP contribution in [0.1, 0.15) is 28.8 Å². The van der Waals surface area contributed by atoms with E-state index in [9.17, 15) is 9.59 Å². The molecule has 1 aromatic heterocycles. The van der Waals surface area contributed by atoms with Gasteiger partial charge in [0, 0.05) is 73.3 Å². The Kier molecular flexibility index (Phi) is 8.74. The quantitative estimate of drug-likeness (QED) is 0.424. The van der Waals surface area contributed by atoms with Crippen molar-refractivity contribution in [1.82, 2.24) is 19.8 Å². The standard InChI is InChI=1S/C34H42N8O4/c1-39(2)27-11-13-41(14-12-27)33(43)24-5-9-26(10-6-24)36-34(44)35-25-7-3-23(4-8-25)30-37-31(40-15-18-45-19-16-40)29-21-28-22-46-20-17-42(28)32(29)38-30/h3-10,27-28H,11-22H2,1-2H3,(H2,35,36,44)/t28-/m1/s1. The summed E-state index contributed by atoms with van der Waals surface area (Å²) >= 11 is 0. The fourth-order valence-electron chi connectivity index (χ4n) is 6.85. The van der Waals surface area contributed by atoms with Crippen molar-refractivity contribution in [2.75, 3.05) is 93.7 Å². The van der Waals surface area contributed by atoms with Crippen LogP contribution in [0.4, 0.5) is 27.8 Å². The van der Waals surface area contributed by atoms with Gasteiger partial charge in [0.2, 0.25) is 0 Å². The molecular formula is C34H42N8O4. The van der Waals surface area contributed by atoms with Crippen molar-refractivity contribution < 1.29 is 19.1 Å². The third-order valence-corrected chi connectivity index (χ3v) is 9.49. The van der Waals surface area contributed by atoms with Gasteiger partial charge in [-0.25, -0.2) is 14.8 Å². The average Bonchev–Trinajstić information content (AvgIpc) is 3.47. The second kappa shape index (κ2) is 13.2. The van der Waals surface area contributed by atoms with Crippen LogP contribution >= 0.6 is 0 Å². The van der Waals surface area contributed by atoms with E-state index in [4.69, 9.17) is 19.4 Å². The van der Waals surface area contributed by atoms with Gasteiger partial charge in [0.05, 0.1) is 32.5 Å². The van der Waals surface area contributed by atoms with E-state index in [2.05, 4.69) is 39.4 Å². The first-order valence-electron chi connectivity index (χ1n) is 16.2. The Balaban J connectivity index is 0.996. The van der Waals surface area contributed by atoms with E-state index in [0.29, 0.717) is 61.3 Å². The van der Waals surface area contributed by atoms with Gasteiger partial charge in [0.15, 0.2) is 5.82 Å². The van der Waals surface area contributed by atoms with Gasteiger partial charge in [-0.2, -0.15) is 0 Å².